The summed E-state index contributed by atoms with van der Waals surface area (Å²) in [5.74, 6) is 0.446. The molecule has 2 nitrogen and oxygen atoms in total. The van der Waals surface area contributed by atoms with E-state index in [9.17, 15) is 4.21 Å². The molecule has 0 saturated heterocycles. The number of rotatable bonds is 2. The third-order valence-electron chi connectivity index (χ3n) is 1.39. The molecular weight excluding hydrogens is 158 g/mol. The molecular formula is C8H11NOS. The Kier molecular flexibility index (Phi) is 2.79. The van der Waals surface area contributed by atoms with E-state index in [2.05, 4.69) is 0 Å². The van der Waals surface area contributed by atoms with Crippen LogP contribution in [-0.2, 0) is 16.7 Å². The highest BCUT2D eigenvalue weighted by Gasteiger charge is 1.95. The molecule has 0 aromatic heterocycles. The monoisotopic (exact) mass is 169 g/mol. The Morgan fingerprint density at radius 2 is 2.27 bits per heavy atom. The predicted octanol–water partition coefficient (Wildman–Crippen LogP) is 1.12. The van der Waals surface area contributed by atoms with Crippen molar-refractivity contribution in [2.75, 3.05) is 0 Å². The van der Waals surface area contributed by atoms with Crippen LogP contribution in [0, 0.1) is 6.92 Å². The molecule has 0 saturated carbocycles. The Bertz CT molecular complexity index is 273. The molecule has 0 radical (unpaired) electrons. The van der Waals surface area contributed by atoms with Gasteiger partial charge in [-0.25, -0.2) is 4.21 Å². The third kappa shape index (κ3) is 2.82. The van der Waals surface area contributed by atoms with E-state index >= 15 is 0 Å². The summed E-state index contributed by atoms with van der Waals surface area (Å²) in [6, 6.07) is 7.86. The van der Waals surface area contributed by atoms with E-state index in [-0.39, 0.29) is 0 Å². The molecule has 1 rings (SSSR count). The molecule has 2 N–H and O–H groups in total. The molecule has 60 valence electrons. The number of hydrogen-bond acceptors (Lipinski definition) is 1. The number of hydrogen-bond donors (Lipinski definition) is 1. The summed E-state index contributed by atoms with van der Waals surface area (Å²) in [5.41, 5.74) is 2.21. The van der Waals surface area contributed by atoms with Crippen LogP contribution in [0.2, 0.25) is 0 Å². The molecule has 0 unspecified atom stereocenters. The van der Waals surface area contributed by atoms with Crippen molar-refractivity contribution >= 4 is 11.0 Å². The summed E-state index contributed by atoms with van der Waals surface area (Å²) in [4.78, 5) is 0. The van der Waals surface area contributed by atoms with E-state index in [1.807, 2.05) is 31.2 Å². The molecule has 11 heavy (non-hydrogen) atoms. The second-order valence-electron chi connectivity index (χ2n) is 2.51. The SMILES string of the molecule is Cc1cccc(C[S@](N)=O)c1. The van der Waals surface area contributed by atoms with Crippen molar-refractivity contribution in [3.63, 3.8) is 0 Å². The van der Waals surface area contributed by atoms with Crippen LogP contribution >= 0.6 is 0 Å². The highest BCUT2D eigenvalue weighted by Crippen LogP contribution is 2.04. The van der Waals surface area contributed by atoms with Crippen LogP contribution in [0.4, 0.5) is 0 Å². The summed E-state index contributed by atoms with van der Waals surface area (Å²) in [6.07, 6.45) is 0. The highest BCUT2D eigenvalue weighted by atomic mass is 32.2. The van der Waals surface area contributed by atoms with E-state index in [1.165, 1.54) is 5.56 Å². The van der Waals surface area contributed by atoms with Crippen LogP contribution in [-0.4, -0.2) is 4.21 Å². The molecule has 1 atom stereocenters. The lowest BCUT2D eigenvalue weighted by atomic mass is 10.2. The molecule has 0 aliphatic heterocycles. The van der Waals surface area contributed by atoms with Crippen molar-refractivity contribution in [3.05, 3.63) is 35.4 Å². The van der Waals surface area contributed by atoms with E-state index in [1.54, 1.807) is 0 Å². The summed E-state index contributed by atoms with van der Waals surface area (Å²) in [5, 5.41) is 5.15. The zero-order chi connectivity index (χ0) is 8.27. The van der Waals surface area contributed by atoms with E-state index in [4.69, 9.17) is 5.14 Å². The molecule has 3 heteroatoms. The first kappa shape index (κ1) is 8.43. The van der Waals surface area contributed by atoms with Gasteiger partial charge in [0.25, 0.3) is 0 Å². The van der Waals surface area contributed by atoms with E-state index in [0.717, 1.165) is 5.56 Å². The first-order valence-electron chi connectivity index (χ1n) is 3.37. The molecule has 0 amide bonds. The highest BCUT2D eigenvalue weighted by molar-refractivity contribution is 7.81. The Hall–Kier alpha value is -0.670. The second kappa shape index (κ2) is 3.64. The molecule has 0 heterocycles. The summed E-state index contributed by atoms with van der Waals surface area (Å²) < 4.78 is 10.6. The average molecular weight is 169 g/mol. The smallest absolute Gasteiger partial charge is 0.0933 e. The van der Waals surface area contributed by atoms with Gasteiger partial charge < -0.3 is 0 Å². The summed E-state index contributed by atoms with van der Waals surface area (Å²) in [7, 11) is -1.22. The fourth-order valence-corrected chi connectivity index (χ4v) is 1.47. The topological polar surface area (TPSA) is 43.1 Å². The molecule has 0 aliphatic rings. The Morgan fingerprint density at radius 1 is 1.55 bits per heavy atom. The van der Waals surface area contributed by atoms with Gasteiger partial charge in [0.1, 0.15) is 0 Å². The van der Waals surface area contributed by atoms with Crippen molar-refractivity contribution in [2.24, 2.45) is 5.14 Å². The Labute approximate surface area is 69.0 Å². The molecule has 0 bridgehead atoms. The Morgan fingerprint density at radius 3 is 2.82 bits per heavy atom. The first-order valence-corrected chi connectivity index (χ1v) is 4.75. The largest absolute Gasteiger partial charge is 0.252 e. The van der Waals surface area contributed by atoms with Crippen LogP contribution < -0.4 is 5.14 Å². The van der Waals surface area contributed by atoms with Gasteiger partial charge in [0.15, 0.2) is 0 Å². The fraction of sp³-hybridized carbons (Fsp3) is 0.250. The number of benzene rings is 1. The van der Waals surface area contributed by atoms with Gasteiger partial charge in [0.05, 0.1) is 16.7 Å². The molecule has 1 aromatic carbocycles. The second-order valence-corrected chi connectivity index (χ2v) is 3.56. The van der Waals surface area contributed by atoms with Gasteiger partial charge in [-0.3, -0.25) is 5.14 Å². The fourth-order valence-electron chi connectivity index (χ4n) is 0.966. The lowest BCUT2D eigenvalue weighted by Crippen LogP contribution is -2.05. The normalized spacial score (nSPS) is 12.9. The van der Waals surface area contributed by atoms with Crippen molar-refractivity contribution < 1.29 is 4.21 Å². The van der Waals surface area contributed by atoms with Crippen LogP contribution in [0.25, 0.3) is 0 Å². The predicted molar refractivity (Wildman–Crippen MR) is 47.2 cm³/mol. The van der Waals surface area contributed by atoms with Crippen molar-refractivity contribution in [3.8, 4) is 0 Å². The van der Waals surface area contributed by atoms with Crippen LogP contribution in [0.5, 0.6) is 0 Å². The lowest BCUT2D eigenvalue weighted by molar-refractivity contribution is 0.684. The Balaban J connectivity index is 2.79. The zero-order valence-electron chi connectivity index (χ0n) is 6.41. The minimum absolute atomic E-state index is 0.446. The maximum absolute atomic E-state index is 10.6. The van der Waals surface area contributed by atoms with Gasteiger partial charge in [-0.15, -0.1) is 0 Å². The van der Waals surface area contributed by atoms with E-state index < -0.39 is 11.0 Å². The first-order chi connectivity index (χ1) is 5.18. The van der Waals surface area contributed by atoms with Gasteiger partial charge in [0.2, 0.25) is 0 Å². The molecule has 0 spiro atoms. The van der Waals surface area contributed by atoms with Crippen molar-refractivity contribution in [2.45, 2.75) is 12.7 Å². The lowest BCUT2D eigenvalue weighted by Gasteiger charge is -1.98. The zero-order valence-corrected chi connectivity index (χ0v) is 7.23. The van der Waals surface area contributed by atoms with Gasteiger partial charge in [-0.1, -0.05) is 29.8 Å². The summed E-state index contributed by atoms with van der Waals surface area (Å²) >= 11 is 0. The van der Waals surface area contributed by atoms with Crippen LogP contribution in [0.3, 0.4) is 0 Å². The standard InChI is InChI=1S/C8H11NOS/c1-7-3-2-4-8(5-7)6-11(9)10/h2-5H,6,9H2,1H3/t11-/m1/s1. The van der Waals surface area contributed by atoms with Crippen molar-refractivity contribution in [1.29, 1.82) is 0 Å². The van der Waals surface area contributed by atoms with Crippen LogP contribution in [0.1, 0.15) is 11.1 Å². The third-order valence-corrected chi connectivity index (χ3v) is 2.01. The van der Waals surface area contributed by atoms with Crippen molar-refractivity contribution in [1.82, 2.24) is 0 Å². The van der Waals surface area contributed by atoms with Gasteiger partial charge in [-0.05, 0) is 12.5 Å². The minimum Gasteiger partial charge on any atom is -0.252 e. The van der Waals surface area contributed by atoms with Gasteiger partial charge in [-0.2, -0.15) is 0 Å². The summed E-state index contributed by atoms with van der Waals surface area (Å²) in [6.45, 7) is 2.00. The maximum atomic E-state index is 10.6. The average Bonchev–Trinajstić information content (AvgIpc) is 1.85. The number of nitrogens with two attached hydrogens (primary N) is 1. The van der Waals surface area contributed by atoms with Gasteiger partial charge in [0, 0.05) is 0 Å². The number of aryl methyl sites for hydroxylation is 1. The molecule has 1 aromatic rings. The maximum Gasteiger partial charge on any atom is 0.0933 e. The molecule has 0 fully saturated rings. The quantitative estimate of drug-likeness (QED) is 0.708. The van der Waals surface area contributed by atoms with E-state index in [0.29, 0.717) is 5.75 Å². The minimum atomic E-state index is -1.22. The van der Waals surface area contributed by atoms with Gasteiger partial charge >= 0.3 is 0 Å². The van der Waals surface area contributed by atoms with Crippen LogP contribution in [0.15, 0.2) is 24.3 Å². The molecule has 0 aliphatic carbocycles.